The van der Waals surface area contributed by atoms with Gasteiger partial charge in [0.05, 0.1) is 10.8 Å². The van der Waals surface area contributed by atoms with Crippen molar-refractivity contribution >= 4 is 27.4 Å². The van der Waals surface area contributed by atoms with Crippen LogP contribution in [0.4, 0.5) is 5.69 Å². The van der Waals surface area contributed by atoms with Gasteiger partial charge in [0.1, 0.15) is 5.78 Å². The molecule has 0 bridgehead atoms. The number of Topliss-reactive ketones (excluding diaryl/α,β-unsaturated/α-hetero) is 1. The van der Waals surface area contributed by atoms with Crippen LogP contribution in [0.2, 0.25) is 0 Å². The minimum atomic E-state index is -0.801. The monoisotopic (exact) mass is 330 g/mol. The van der Waals surface area contributed by atoms with E-state index >= 15 is 0 Å². The third kappa shape index (κ3) is 4.40. The molecule has 8 heteroatoms. The lowest BCUT2D eigenvalue weighted by atomic mass is 9.93. The summed E-state index contributed by atoms with van der Waals surface area (Å²) in [6.07, 6.45) is -0.0989. The van der Waals surface area contributed by atoms with Crippen LogP contribution >= 0.6 is 15.9 Å². The van der Waals surface area contributed by atoms with Crippen molar-refractivity contribution in [3.63, 3.8) is 0 Å². The molecule has 0 fully saturated rings. The highest BCUT2D eigenvalue weighted by molar-refractivity contribution is 9.10. The molecule has 1 atom stereocenters. The number of carbonyl (C=O) groups excluding carboxylic acids is 1. The van der Waals surface area contributed by atoms with E-state index in [2.05, 4.69) is 15.9 Å². The van der Waals surface area contributed by atoms with Crippen LogP contribution < -0.4 is 0 Å². The fourth-order valence-corrected chi connectivity index (χ4v) is 2.20. The fraction of sp³-hybridized carbons (Fsp3) is 0.364. The molecular formula is C11H11BrN2O5. The Morgan fingerprint density at radius 3 is 2.47 bits per heavy atom. The highest BCUT2D eigenvalue weighted by Crippen LogP contribution is 2.32. The quantitative estimate of drug-likeness (QED) is 0.589. The number of benzene rings is 1. The van der Waals surface area contributed by atoms with Crippen LogP contribution in [0.25, 0.3) is 0 Å². The first-order valence-corrected chi connectivity index (χ1v) is 6.15. The predicted octanol–water partition coefficient (Wildman–Crippen LogP) is 2.70. The van der Waals surface area contributed by atoms with E-state index in [-0.39, 0.29) is 23.5 Å². The maximum Gasteiger partial charge on any atom is 0.273 e. The summed E-state index contributed by atoms with van der Waals surface area (Å²) in [5, 5.41) is 21.6. The van der Waals surface area contributed by atoms with Gasteiger partial charge in [-0.05, 0) is 19.1 Å². The smallest absolute Gasteiger partial charge is 0.273 e. The molecule has 0 aliphatic carbocycles. The van der Waals surface area contributed by atoms with Gasteiger partial charge in [-0.2, -0.15) is 0 Å². The van der Waals surface area contributed by atoms with Gasteiger partial charge in [-0.15, -0.1) is 0 Å². The Bertz CT molecular complexity index is 516. The van der Waals surface area contributed by atoms with Crippen molar-refractivity contribution in [1.29, 1.82) is 0 Å². The van der Waals surface area contributed by atoms with Crippen LogP contribution in [0, 0.1) is 20.2 Å². The van der Waals surface area contributed by atoms with Gasteiger partial charge >= 0.3 is 0 Å². The van der Waals surface area contributed by atoms with Crippen LogP contribution in [-0.2, 0) is 4.79 Å². The third-order valence-corrected chi connectivity index (χ3v) is 3.02. The van der Waals surface area contributed by atoms with Crippen molar-refractivity contribution < 1.29 is 14.6 Å². The summed E-state index contributed by atoms with van der Waals surface area (Å²) in [7, 11) is 0. The lowest BCUT2D eigenvalue weighted by molar-refractivity contribution is -0.483. The zero-order valence-electron chi connectivity index (χ0n) is 10.0. The van der Waals surface area contributed by atoms with Crippen molar-refractivity contribution in [2.24, 2.45) is 0 Å². The van der Waals surface area contributed by atoms with Gasteiger partial charge in [-0.25, -0.2) is 0 Å². The topological polar surface area (TPSA) is 103 Å². The molecule has 102 valence electrons. The number of carbonyl (C=O) groups is 1. The summed E-state index contributed by atoms with van der Waals surface area (Å²) in [6, 6.07) is 4.21. The Morgan fingerprint density at radius 1 is 1.37 bits per heavy atom. The number of nitrogens with zero attached hydrogens (tertiary/aromatic N) is 2. The molecule has 0 heterocycles. The van der Waals surface area contributed by atoms with Crippen LogP contribution in [0.15, 0.2) is 22.7 Å². The zero-order valence-corrected chi connectivity index (χ0v) is 11.6. The minimum Gasteiger partial charge on any atom is -0.300 e. The Hall–Kier alpha value is -1.83. The van der Waals surface area contributed by atoms with E-state index in [9.17, 15) is 25.0 Å². The average Bonchev–Trinajstić information content (AvgIpc) is 2.26. The van der Waals surface area contributed by atoms with Crippen LogP contribution in [0.5, 0.6) is 0 Å². The molecule has 0 aliphatic heterocycles. The van der Waals surface area contributed by atoms with E-state index in [0.29, 0.717) is 4.47 Å². The molecule has 0 radical (unpaired) electrons. The molecular weight excluding hydrogens is 320 g/mol. The van der Waals surface area contributed by atoms with E-state index < -0.39 is 22.3 Å². The van der Waals surface area contributed by atoms with Crippen molar-refractivity contribution in [1.82, 2.24) is 0 Å². The van der Waals surface area contributed by atoms with Gasteiger partial charge in [0.2, 0.25) is 6.54 Å². The molecule has 0 N–H and O–H groups in total. The van der Waals surface area contributed by atoms with E-state index in [1.807, 2.05) is 0 Å². The fourth-order valence-electron chi connectivity index (χ4n) is 1.82. The second-order valence-corrected chi connectivity index (χ2v) is 4.99. The van der Waals surface area contributed by atoms with Gasteiger partial charge in [0.25, 0.3) is 5.69 Å². The molecule has 7 nitrogen and oxygen atoms in total. The van der Waals surface area contributed by atoms with E-state index in [1.54, 1.807) is 0 Å². The van der Waals surface area contributed by atoms with E-state index in [4.69, 9.17) is 0 Å². The highest BCUT2D eigenvalue weighted by atomic mass is 79.9. The average molecular weight is 331 g/mol. The SMILES string of the molecule is CC(=O)CC(C[N+](=O)[O-])c1cc(Br)ccc1[N+](=O)[O-]. The van der Waals surface area contributed by atoms with E-state index in [0.717, 1.165) is 0 Å². The van der Waals surface area contributed by atoms with Crippen molar-refractivity contribution in [2.45, 2.75) is 19.3 Å². The Labute approximate surface area is 117 Å². The van der Waals surface area contributed by atoms with Crippen molar-refractivity contribution in [2.75, 3.05) is 6.54 Å². The molecule has 0 aromatic heterocycles. The first kappa shape index (κ1) is 15.2. The predicted molar refractivity (Wildman–Crippen MR) is 70.7 cm³/mol. The summed E-state index contributed by atoms with van der Waals surface area (Å²) in [4.78, 5) is 31.6. The first-order chi connectivity index (χ1) is 8.81. The van der Waals surface area contributed by atoms with Gasteiger partial charge in [0, 0.05) is 27.4 Å². The van der Waals surface area contributed by atoms with Crippen LogP contribution in [-0.4, -0.2) is 22.2 Å². The molecule has 0 amide bonds. The Morgan fingerprint density at radius 2 is 2.00 bits per heavy atom. The van der Waals surface area contributed by atoms with Crippen molar-refractivity contribution in [3.8, 4) is 0 Å². The Balaban J connectivity index is 3.26. The van der Waals surface area contributed by atoms with Gasteiger partial charge in [-0.1, -0.05) is 15.9 Å². The largest absolute Gasteiger partial charge is 0.300 e. The number of halogens is 1. The van der Waals surface area contributed by atoms with Gasteiger partial charge in [-0.3, -0.25) is 20.2 Å². The molecule has 0 saturated heterocycles. The summed E-state index contributed by atoms with van der Waals surface area (Å²) >= 11 is 3.17. The maximum absolute atomic E-state index is 11.2. The van der Waals surface area contributed by atoms with E-state index in [1.165, 1.54) is 25.1 Å². The minimum absolute atomic E-state index is 0.0989. The molecule has 0 aliphatic rings. The number of hydrogen-bond donors (Lipinski definition) is 0. The van der Waals surface area contributed by atoms with Crippen molar-refractivity contribution in [3.05, 3.63) is 48.5 Å². The number of rotatable bonds is 6. The van der Waals surface area contributed by atoms with Gasteiger partial charge in [0.15, 0.2) is 0 Å². The van der Waals surface area contributed by atoms with Gasteiger partial charge < -0.3 is 4.79 Å². The summed E-state index contributed by atoms with van der Waals surface area (Å²) in [6.45, 7) is 0.785. The molecule has 1 rings (SSSR count). The summed E-state index contributed by atoms with van der Waals surface area (Å²) in [5.41, 5.74) is -0.0115. The number of ketones is 1. The van der Waals surface area contributed by atoms with Crippen LogP contribution in [0.3, 0.4) is 0 Å². The maximum atomic E-state index is 11.2. The molecule has 0 saturated carbocycles. The molecule has 1 aromatic rings. The normalized spacial score (nSPS) is 11.9. The standard InChI is InChI=1S/C11H11BrN2O5/c1-7(15)4-8(6-13(16)17)10-5-9(12)2-3-11(10)14(18)19/h2-3,5,8H,4,6H2,1H3. The molecule has 1 aromatic carbocycles. The highest BCUT2D eigenvalue weighted by Gasteiger charge is 2.27. The zero-order chi connectivity index (χ0) is 14.6. The third-order valence-electron chi connectivity index (χ3n) is 2.53. The van der Waals surface area contributed by atoms with Crippen LogP contribution in [0.1, 0.15) is 24.8 Å². The second-order valence-electron chi connectivity index (χ2n) is 4.08. The number of nitro groups is 2. The second kappa shape index (κ2) is 6.37. The summed E-state index contributed by atoms with van der Waals surface area (Å²) in [5.74, 6) is -1.05. The number of nitro benzene ring substituents is 1. The Kier molecular flexibility index (Phi) is 5.11. The first-order valence-electron chi connectivity index (χ1n) is 5.36. The lowest BCUT2D eigenvalue weighted by Crippen LogP contribution is -2.16. The lowest BCUT2D eigenvalue weighted by Gasteiger charge is -2.12. The number of hydrogen-bond acceptors (Lipinski definition) is 5. The molecule has 0 spiro atoms. The molecule has 1 unspecified atom stereocenters. The molecule has 19 heavy (non-hydrogen) atoms. The summed E-state index contributed by atoms with van der Waals surface area (Å²) < 4.78 is 0.574.